The average Bonchev–Trinajstić information content (AvgIpc) is 2.55. The van der Waals surface area contributed by atoms with Crippen LogP contribution in [0, 0.1) is 5.92 Å². The van der Waals surface area contributed by atoms with Gasteiger partial charge in [-0.15, -0.1) is 0 Å². The van der Waals surface area contributed by atoms with Crippen LogP contribution < -0.4 is 0 Å². The number of carbonyl (C=O) groups excluding carboxylic acids is 1. The number of hydrogen-bond donors (Lipinski definition) is 0. The lowest BCUT2D eigenvalue weighted by Gasteiger charge is -2.36. The van der Waals surface area contributed by atoms with Crippen LogP contribution in [0.2, 0.25) is 18.1 Å². The van der Waals surface area contributed by atoms with Crippen LogP contribution in [0.1, 0.15) is 33.6 Å². The number of hydrogen-bond acceptors (Lipinski definition) is 3. The smallest absolute Gasteiger partial charge is 0.192 e. The molecule has 4 heteroatoms. The Labute approximate surface area is 119 Å². The van der Waals surface area contributed by atoms with E-state index in [9.17, 15) is 4.79 Å². The Morgan fingerprint density at radius 1 is 1.37 bits per heavy atom. The molecule has 1 atom stereocenters. The fourth-order valence-electron chi connectivity index (χ4n) is 1.97. The summed E-state index contributed by atoms with van der Waals surface area (Å²) >= 11 is 0. The van der Waals surface area contributed by atoms with Crippen molar-refractivity contribution in [1.82, 2.24) is 4.90 Å². The first kappa shape index (κ1) is 16.4. The highest BCUT2D eigenvalue weighted by molar-refractivity contribution is 6.74. The molecule has 0 radical (unpaired) electrons. The molecule has 0 spiro atoms. The quantitative estimate of drug-likeness (QED) is 0.585. The monoisotopic (exact) mass is 283 g/mol. The third-order valence-electron chi connectivity index (χ3n) is 4.32. The first-order chi connectivity index (χ1) is 8.54. The molecule has 110 valence electrons. The zero-order valence-corrected chi connectivity index (χ0v) is 14.5. The van der Waals surface area contributed by atoms with Crippen LogP contribution in [0.3, 0.4) is 0 Å². The summed E-state index contributed by atoms with van der Waals surface area (Å²) in [6, 6.07) is 0. The third kappa shape index (κ3) is 4.18. The summed E-state index contributed by atoms with van der Waals surface area (Å²) in [6.07, 6.45) is 3.78. The van der Waals surface area contributed by atoms with E-state index in [1.165, 1.54) is 0 Å². The van der Waals surface area contributed by atoms with Gasteiger partial charge in [0.2, 0.25) is 0 Å². The SMILES string of the molecule is CN(C)C=C1CCC(CO[Si](C)(C)C(C)(C)C)C1=O. The topological polar surface area (TPSA) is 29.5 Å². The number of allylic oxidation sites excluding steroid dienone is 1. The number of carbonyl (C=O) groups is 1. The maximum atomic E-state index is 12.2. The second-order valence-corrected chi connectivity index (χ2v) is 12.1. The summed E-state index contributed by atoms with van der Waals surface area (Å²) in [5.41, 5.74) is 0.953. The maximum Gasteiger partial charge on any atom is 0.192 e. The van der Waals surface area contributed by atoms with Crippen molar-refractivity contribution in [3.8, 4) is 0 Å². The molecule has 0 aliphatic heterocycles. The number of rotatable bonds is 4. The Balaban J connectivity index is 2.60. The molecule has 0 aromatic rings. The second-order valence-electron chi connectivity index (χ2n) is 7.29. The molecule has 3 nitrogen and oxygen atoms in total. The van der Waals surface area contributed by atoms with Gasteiger partial charge in [-0.05, 0) is 31.0 Å². The van der Waals surface area contributed by atoms with Crippen LogP contribution >= 0.6 is 0 Å². The summed E-state index contributed by atoms with van der Waals surface area (Å²) in [6.45, 7) is 11.8. The predicted octanol–water partition coefficient (Wildman–Crippen LogP) is 3.43. The van der Waals surface area contributed by atoms with Crippen molar-refractivity contribution < 1.29 is 9.22 Å². The van der Waals surface area contributed by atoms with Gasteiger partial charge in [0.1, 0.15) is 0 Å². The van der Waals surface area contributed by atoms with E-state index in [4.69, 9.17) is 4.43 Å². The van der Waals surface area contributed by atoms with Crippen LogP contribution in [0.5, 0.6) is 0 Å². The van der Waals surface area contributed by atoms with Crippen molar-refractivity contribution in [3.05, 3.63) is 11.8 Å². The molecular formula is C15H29NO2Si. The highest BCUT2D eigenvalue weighted by Crippen LogP contribution is 2.37. The Kier molecular flexibility index (Phi) is 5.01. The van der Waals surface area contributed by atoms with Crippen molar-refractivity contribution in [2.75, 3.05) is 20.7 Å². The van der Waals surface area contributed by atoms with Gasteiger partial charge in [0.15, 0.2) is 14.1 Å². The molecule has 1 aliphatic rings. The number of Topliss-reactive ketones (excluding diaryl/α,β-unsaturated/α-hetero) is 1. The molecule has 0 N–H and O–H groups in total. The van der Waals surface area contributed by atoms with Crippen LogP contribution in [0.25, 0.3) is 0 Å². The Morgan fingerprint density at radius 2 is 1.95 bits per heavy atom. The molecule has 1 aliphatic carbocycles. The maximum absolute atomic E-state index is 12.2. The minimum absolute atomic E-state index is 0.0697. The average molecular weight is 283 g/mol. The molecule has 1 fully saturated rings. The summed E-state index contributed by atoms with van der Waals surface area (Å²) in [5.74, 6) is 0.354. The summed E-state index contributed by atoms with van der Waals surface area (Å²) in [7, 11) is 2.18. The van der Waals surface area contributed by atoms with Crippen molar-refractivity contribution in [3.63, 3.8) is 0 Å². The highest BCUT2D eigenvalue weighted by atomic mass is 28.4. The number of nitrogens with zero attached hydrogens (tertiary/aromatic N) is 1. The van der Waals surface area contributed by atoms with E-state index in [0.717, 1.165) is 18.4 Å². The summed E-state index contributed by atoms with van der Waals surface area (Å²) in [4.78, 5) is 14.2. The van der Waals surface area contributed by atoms with E-state index in [2.05, 4.69) is 33.9 Å². The van der Waals surface area contributed by atoms with Crippen molar-refractivity contribution >= 4 is 14.1 Å². The van der Waals surface area contributed by atoms with E-state index in [1.54, 1.807) is 0 Å². The van der Waals surface area contributed by atoms with Crippen LogP contribution in [0.15, 0.2) is 11.8 Å². The van der Waals surface area contributed by atoms with Gasteiger partial charge in [-0.2, -0.15) is 0 Å². The van der Waals surface area contributed by atoms with E-state index in [-0.39, 0.29) is 16.7 Å². The van der Waals surface area contributed by atoms with Crippen LogP contribution in [-0.2, 0) is 9.22 Å². The lowest BCUT2D eigenvalue weighted by molar-refractivity contribution is -0.118. The fourth-order valence-corrected chi connectivity index (χ4v) is 3.02. The van der Waals surface area contributed by atoms with Gasteiger partial charge in [0, 0.05) is 38.4 Å². The van der Waals surface area contributed by atoms with Gasteiger partial charge in [-0.3, -0.25) is 4.79 Å². The molecule has 0 aromatic carbocycles. The van der Waals surface area contributed by atoms with Crippen molar-refractivity contribution in [2.45, 2.75) is 51.7 Å². The minimum atomic E-state index is -1.74. The van der Waals surface area contributed by atoms with E-state index in [0.29, 0.717) is 6.61 Å². The second kappa shape index (κ2) is 5.79. The van der Waals surface area contributed by atoms with Crippen LogP contribution in [0.4, 0.5) is 0 Å². The van der Waals surface area contributed by atoms with Gasteiger partial charge in [0.05, 0.1) is 0 Å². The Morgan fingerprint density at radius 3 is 2.42 bits per heavy atom. The number of ketones is 1. The summed E-state index contributed by atoms with van der Waals surface area (Å²) < 4.78 is 6.18. The first-order valence-corrected chi connectivity index (χ1v) is 10.0. The predicted molar refractivity (Wildman–Crippen MR) is 82.7 cm³/mol. The van der Waals surface area contributed by atoms with Gasteiger partial charge >= 0.3 is 0 Å². The highest BCUT2D eigenvalue weighted by Gasteiger charge is 2.39. The molecule has 0 bridgehead atoms. The molecule has 0 amide bonds. The van der Waals surface area contributed by atoms with Crippen molar-refractivity contribution in [2.24, 2.45) is 5.92 Å². The molecule has 0 heterocycles. The fraction of sp³-hybridized carbons (Fsp3) is 0.800. The van der Waals surface area contributed by atoms with Gasteiger partial charge in [-0.25, -0.2) is 0 Å². The standard InChI is InChI=1S/C15H29NO2Si/c1-15(2,3)19(6,7)18-11-13-9-8-12(14(13)17)10-16(4)5/h10,13H,8-9,11H2,1-7H3. The lowest BCUT2D eigenvalue weighted by atomic mass is 10.1. The molecule has 19 heavy (non-hydrogen) atoms. The molecule has 1 unspecified atom stereocenters. The lowest BCUT2D eigenvalue weighted by Crippen LogP contribution is -2.42. The zero-order chi connectivity index (χ0) is 14.8. The van der Waals surface area contributed by atoms with E-state index < -0.39 is 8.32 Å². The summed E-state index contributed by atoms with van der Waals surface area (Å²) in [5, 5.41) is 0.205. The normalized spacial score (nSPS) is 23.2. The molecule has 0 aromatic heterocycles. The van der Waals surface area contributed by atoms with E-state index >= 15 is 0 Å². The van der Waals surface area contributed by atoms with Crippen LogP contribution in [-0.4, -0.2) is 39.7 Å². The largest absolute Gasteiger partial charge is 0.416 e. The molecule has 1 saturated carbocycles. The Bertz CT molecular complexity index is 367. The van der Waals surface area contributed by atoms with Crippen molar-refractivity contribution in [1.29, 1.82) is 0 Å². The molecular weight excluding hydrogens is 254 g/mol. The third-order valence-corrected chi connectivity index (χ3v) is 8.82. The van der Waals surface area contributed by atoms with Gasteiger partial charge in [0.25, 0.3) is 0 Å². The van der Waals surface area contributed by atoms with E-state index in [1.807, 2.05) is 25.2 Å². The molecule has 0 saturated heterocycles. The first-order valence-electron chi connectivity index (χ1n) is 7.10. The molecule has 1 rings (SSSR count). The zero-order valence-electron chi connectivity index (χ0n) is 13.5. The minimum Gasteiger partial charge on any atom is -0.416 e. The Hall–Kier alpha value is -0.613. The van der Waals surface area contributed by atoms with Gasteiger partial charge < -0.3 is 9.33 Å². The van der Waals surface area contributed by atoms with Gasteiger partial charge in [-0.1, -0.05) is 20.8 Å².